The Hall–Kier alpha value is -1.83. The van der Waals surface area contributed by atoms with Crippen LogP contribution in [0.3, 0.4) is 0 Å². The van der Waals surface area contributed by atoms with Crippen molar-refractivity contribution < 1.29 is 4.79 Å². The first-order chi connectivity index (χ1) is 10.3. The van der Waals surface area contributed by atoms with E-state index in [0.717, 1.165) is 16.8 Å². The van der Waals surface area contributed by atoms with Crippen molar-refractivity contribution >= 4 is 5.78 Å². The highest BCUT2D eigenvalue weighted by Crippen LogP contribution is 2.32. The highest BCUT2D eigenvalue weighted by molar-refractivity contribution is 6.01. The number of rotatable bonds is 4. The molecule has 118 valence electrons. The van der Waals surface area contributed by atoms with Gasteiger partial charge in [0.1, 0.15) is 0 Å². The molecule has 1 atom stereocenters. The van der Waals surface area contributed by atoms with Gasteiger partial charge in [0.15, 0.2) is 5.78 Å². The molecule has 2 nitrogen and oxygen atoms in total. The predicted octanol–water partition coefficient (Wildman–Crippen LogP) is 4.85. The summed E-state index contributed by atoms with van der Waals surface area (Å²) in [6.07, 6.45) is 1.98. The maximum absolute atomic E-state index is 12.9. The Morgan fingerprint density at radius 1 is 1.23 bits per heavy atom. The van der Waals surface area contributed by atoms with Crippen molar-refractivity contribution in [1.82, 2.24) is 4.90 Å². The molecule has 1 aliphatic rings. The molecule has 0 amide bonds. The Labute approximate surface area is 134 Å². The van der Waals surface area contributed by atoms with Crippen molar-refractivity contribution in [1.29, 1.82) is 0 Å². The summed E-state index contributed by atoms with van der Waals surface area (Å²) in [6.45, 7) is 15.2. The molecule has 0 saturated heterocycles. The number of carbonyl (C=O) groups is 1. The highest BCUT2D eigenvalue weighted by Gasteiger charge is 2.31. The third-order valence-electron chi connectivity index (χ3n) is 4.37. The quantitative estimate of drug-likeness (QED) is 0.791. The number of allylic oxidation sites excluding steroid dienone is 2. The van der Waals surface area contributed by atoms with Crippen molar-refractivity contribution in [2.75, 3.05) is 6.54 Å². The molecule has 1 aromatic rings. The molecule has 1 unspecified atom stereocenters. The molecule has 0 N–H and O–H groups in total. The minimum Gasteiger partial charge on any atom is -0.351 e. The highest BCUT2D eigenvalue weighted by atomic mass is 16.1. The minimum atomic E-state index is -0.0993. The van der Waals surface area contributed by atoms with Crippen LogP contribution in [0.15, 0.2) is 48.3 Å². The Balaban J connectivity index is 2.42. The number of hydrogen-bond donors (Lipinski definition) is 0. The maximum atomic E-state index is 12.9. The van der Waals surface area contributed by atoms with Gasteiger partial charge in [-0.15, -0.1) is 0 Å². The molecule has 0 radical (unpaired) electrons. The monoisotopic (exact) mass is 297 g/mol. The number of carbonyl (C=O) groups excluding carboxylic acids is 1. The van der Waals surface area contributed by atoms with Crippen molar-refractivity contribution in [2.24, 2.45) is 5.92 Å². The average Bonchev–Trinajstić information content (AvgIpc) is 2.46. The summed E-state index contributed by atoms with van der Waals surface area (Å²) in [6, 6.07) is 8.47. The van der Waals surface area contributed by atoms with Crippen LogP contribution in [0, 0.1) is 5.92 Å². The maximum Gasteiger partial charge on any atom is 0.169 e. The van der Waals surface area contributed by atoms with Crippen molar-refractivity contribution in [3.63, 3.8) is 0 Å². The summed E-state index contributed by atoms with van der Waals surface area (Å²) in [4.78, 5) is 15.0. The van der Waals surface area contributed by atoms with E-state index in [1.807, 2.05) is 13.1 Å². The van der Waals surface area contributed by atoms with Crippen molar-refractivity contribution in [3.05, 3.63) is 59.4 Å². The van der Waals surface area contributed by atoms with Gasteiger partial charge < -0.3 is 4.90 Å². The second kappa shape index (κ2) is 6.51. The first-order valence-corrected chi connectivity index (χ1v) is 8.09. The molecule has 2 rings (SSSR count). The summed E-state index contributed by atoms with van der Waals surface area (Å²) in [5.74, 6) is 0.854. The van der Waals surface area contributed by atoms with Gasteiger partial charge in [-0.25, -0.2) is 0 Å². The number of benzene rings is 1. The van der Waals surface area contributed by atoms with E-state index in [2.05, 4.69) is 63.4 Å². The molecule has 1 aliphatic heterocycles. The SMILES string of the molecule is C=C(C)N1C=C(C(C)C)C(=O)C(c2cccc(C(C)C)c2)C1. The molecule has 0 aromatic heterocycles. The molecule has 0 aliphatic carbocycles. The van der Waals surface area contributed by atoms with Gasteiger partial charge in [0.2, 0.25) is 0 Å². The predicted molar refractivity (Wildman–Crippen MR) is 92.7 cm³/mol. The Kier molecular flexibility index (Phi) is 4.90. The second-order valence-electron chi connectivity index (χ2n) is 6.87. The fourth-order valence-electron chi connectivity index (χ4n) is 2.86. The normalized spacial score (nSPS) is 18.9. The van der Waals surface area contributed by atoms with Gasteiger partial charge in [-0.2, -0.15) is 0 Å². The smallest absolute Gasteiger partial charge is 0.169 e. The molecule has 1 aromatic carbocycles. The van der Waals surface area contributed by atoms with Crippen LogP contribution in [0.25, 0.3) is 0 Å². The molecular formula is C20H27NO. The molecule has 0 bridgehead atoms. The summed E-state index contributed by atoms with van der Waals surface area (Å²) in [5, 5.41) is 0. The third kappa shape index (κ3) is 3.32. The lowest BCUT2D eigenvalue weighted by molar-refractivity contribution is -0.118. The Morgan fingerprint density at radius 2 is 1.91 bits per heavy atom. The lowest BCUT2D eigenvalue weighted by Gasteiger charge is -2.33. The van der Waals surface area contributed by atoms with E-state index in [1.54, 1.807) is 0 Å². The minimum absolute atomic E-state index is 0.0993. The first-order valence-electron chi connectivity index (χ1n) is 8.09. The molecule has 0 spiro atoms. The number of nitrogens with zero attached hydrogens (tertiary/aromatic N) is 1. The van der Waals surface area contributed by atoms with Gasteiger partial charge in [-0.05, 0) is 29.9 Å². The first kappa shape index (κ1) is 16.5. The summed E-state index contributed by atoms with van der Waals surface area (Å²) < 4.78 is 0. The molecule has 0 saturated carbocycles. The molecule has 1 heterocycles. The summed E-state index contributed by atoms with van der Waals surface area (Å²) in [5.41, 5.74) is 4.28. The Bertz CT molecular complexity index is 610. The standard InChI is InChI=1S/C20H27NO/c1-13(2)16-8-7-9-17(10-16)19-12-21(15(5)6)11-18(14(3)4)20(19)22/h7-11,13-14,19H,5,12H2,1-4,6H3. The zero-order valence-corrected chi connectivity index (χ0v) is 14.4. The van der Waals surface area contributed by atoms with E-state index < -0.39 is 0 Å². The zero-order chi connectivity index (χ0) is 16.4. The Morgan fingerprint density at radius 3 is 2.45 bits per heavy atom. The van der Waals surface area contributed by atoms with Gasteiger partial charge in [-0.3, -0.25) is 4.79 Å². The van der Waals surface area contributed by atoms with E-state index in [0.29, 0.717) is 12.5 Å². The van der Waals surface area contributed by atoms with Crippen LogP contribution >= 0.6 is 0 Å². The summed E-state index contributed by atoms with van der Waals surface area (Å²) >= 11 is 0. The largest absolute Gasteiger partial charge is 0.351 e. The van der Waals surface area contributed by atoms with E-state index in [4.69, 9.17) is 0 Å². The van der Waals surface area contributed by atoms with E-state index >= 15 is 0 Å². The molecule has 2 heteroatoms. The topological polar surface area (TPSA) is 20.3 Å². The molecule has 0 fully saturated rings. The van der Waals surface area contributed by atoms with Gasteiger partial charge in [0, 0.05) is 24.0 Å². The van der Waals surface area contributed by atoms with Gasteiger partial charge >= 0.3 is 0 Å². The third-order valence-corrected chi connectivity index (χ3v) is 4.37. The van der Waals surface area contributed by atoms with Crippen LogP contribution in [0.1, 0.15) is 57.6 Å². The number of Topliss-reactive ketones (excluding diaryl/α,β-unsaturated/α-hetero) is 1. The second-order valence-corrected chi connectivity index (χ2v) is 6.87. The molecular weight excluding hydrogens is 270 g/mol. The van der Waals surface area contributed by atoms with Crippen LogP contribution in [-0.2, 0) is 4.79 Å². The lowest BCUT2D eigenvalue weighted by Crippen LogP contribution is -2.35. The fraction of sp³-hybridized carbons (Fsp3) is 0.450. The fourth-order valence-corrected chi connectivity index (χ4v) is 2.86. The van der Waals surface area contributed by atoms with E-state index in [1.165, 1.54) is 5.56 Å². The van der Waals surface area contributed by atoms with Crippen LogP contribution in [-0.4, -0.2) is 17.2 Å². The van der Waals surface area contributed by atoms with Crippen molar-refractivity contribution in [3.8, 4) is 0 Å². The van der Waals surface area contributed by atoms with Crippen molar-refractivity contribution in [2.45, 2.75) is 46.5 Å². The van der Waals surface area contributed by atoms with Gasteiger partial charge in [0.25, 0.3) is 0 Å². The van der Waals surface area contributed by atoms with Crippen LogP contribution in [0.5, 0.6) is 0 Å². The summed E-state index contributed by atoms with van der Waals surface area (Å²) in [7, 11) is 0. The number of hydrogen-bond acceptors (Lipinski definition) is 2. The van der Waals surface area contributed by atoms with Gasteiger partial charge in [-0.1, -0.05) is 58.5 Å². The van der Waals surface area contributed by atoms with Gasteiger partial charge in [0.05, 0.1) is 5.92 Å². The molecule has 22 heavy (non-hydrogen) atoms. The van der Waals surface area contributed by atoms with E-state index in [9.17, 15) is 4.79 Å². The zero-order valence-electron chi connectivity index (χ0n) is 14.4. The lowest BCUT2D eigenvalue weighted by atomic mass is 9.82. The van der Waals surface area contributed by atoms with E-state index in [-0.39, 0.29) is 17.6 Å². The van der Waals surface area contributed by atoms with Crippen LogP contribution < -0.4 is 0 Å². The van der Waals surface area contributed by atoms with Crippen LogP contribution in [0.2, 0.25) is 0 Å². The number of ketones is 1. The van der Waals surface area contributed by atoms with Crippen LogP contribution in [0.4, 0.5) is 0 Å². The average molecular weight is 297 g/mol.